The number of aliphatic hydroxyl groups excluding tert-OH is 1. The Morgan fingerprint density at radius 3 is 2.26 bits per heavy atom. The van der Waals surface area contributed by atoms with Gasteiger partial charge in [0.2, 0.25) is 0 Å². The lowest BCUT2D eigenvalue weighted by Crippen LogP contribution is -2.56. The van der Waals surface area contributed by atoms with E-state index in [1.807, 2.05) is 0 Å². The fourth-order valence-corrected chi connectivity index (χ4v) is 9.44. The van der Waals surface area contributed by atoms with E-state index in [2.05, 4.69) is 20.8 Å². The molecule has 0 radical (unpaired) electrons. The lowest BCUT2D eigenvalue weighted by Gasteiger charge is -2.62. The fourth-order valence-electron chi connectivity index (χ4n) is 9.44. The Hall–Kier alpha value is -0.290. The maximum absolute atomic E-state index is 13.3. The molecular weight excluding hydrogens is 401 g/mol. The Balaban J connectivity index is 1.53. The maximum Gasteiger partial charge on any atom is 0.414 e. The summed E-state index contributed by atoms with van der Waals surface area (Å²) < 4.78 is 39.8. The van der Waals surface area contributed by atoms with Crippen molar-refractivity contribution in [2.45, 2.75) is 116 Å². The molecule has 2 N–H and O–H groups in total. The van der Waals surface area contributed by atoms with Crippen molar-refractivity contribution in [3.63, 3.8) is 0 Å². The van der Waals surface area contributed by atoms with Crippen LogP contribution in [0.4, 0.5) is 13.2 Å². The molecule has 4 aliphatic carbocycles. The van der Waals surface area contributed by atoms with Gasteiger partial charge >= 0.3 is 6.18 Å². The van der Waals surface area contributed by atoms with Crippen LogP contribution in [0.1, 0.15) is 98.3 Å². The number of rotatable bonds is 4. The number of halogens is 3. The minimum Gasteiger partial charge on any atom is -0.390 e. The van der Waals surface area contributed by atoms with Gasteiger partial charge in [-0.3, -0.25) is 0 Å². The van der Waals surface area contributed by atoms with Crippen molar-refractivity contribution in [3.8, 4) is 0 Å². The minimum absolute atomic E-state index is 0.0541. The highest BCUT2D eigenvalue weighted by Crippen LogP contribution is 2.69. The van der Waals surface area contributed by atoms with Crippen molar-refractivity contribution >= 4 is 0 Å². The SMILES string of the molecule is CCC[C@@]1(O)CC[C@@]2(C)[C@H](CC[C@@H]3[C@@H]2CC[C@@]2(C)[C@@H]([C@H](C)[C@H](O)C(F)(F)F)CC[C@@H]32)C1. The van der Waals surface area contributed by atoms with E-state index in [4.69, 9.17) is 0 Å². The molecule has 0 aromatic carbocycles. The predicted molar refractivity (Wildman–Crippen MR) is 116 cm³/mol. The van der Waals surface area contributed by atoms with Gasteiger partial charge < -0.3 is 10.2 Å². The molecule has 10 atom stereocenters. The van der Waals surface area contributed by atoms with Crippen molar-refractivity contribution in [1.29, 1.82) is 0 Å². The van der Waals surface area contributed by atoms with Crippen LogP contribution in [0.3, 0.4) is 0 Å². The minimum atomic E-state index is -4.53. The molecule has 31 heavy (non-hydrogen) atoms. The smallest absolute Gasteiger partial charge is 0.390 e. The van der Waals surface area contributed by atoms with Crippen molar-refractivity contribution in [2.75, 3.05) is 0 Å². The van der Waals surface area contributed by atoms with E-state index >= 15 is 0 Å². The topological polar surface area (TPSA) is 40.5 Å². The van der Waals surface area contributed by atoms with Crippen LogP contribution in [0.5, 0.6) is 0 Å². The maximum atomic E-state index is 13.3. The molecule has 0 aliphatic heterocycles. The molecule has 0 amide bonds. The molecule has 0 aromatic rings. The van der Waals surface area contributed by atoms with Gasteiger partial charge in [-0.25, -0.2) is 0 Å². The van der Waals surface area contributed by atoms with Crippen molar-refractivity contribution in [2.24, 2.45) is 46.3 Å². The summed E-state index contributed by atoms with van der Waals surface area (Å²) in [7, 11) is 0. The first-order chi connectivity index (χ1) is 14.4. The van der Waals surface area contributed by atoms with Gasteiger partial charge in [0, 0.05) is 0 Å². The summed E-state index contributed by atoms with van der Waals surface area (Å²) in [4.78, 5) is 0. The Kier molecular flexibility index (Phi) is 6.07. The lowest BCUT2D eigenvalue weighted by atomic mass is 9.43. The number of aliphatic hydroxyl groups is 2. The molecule has 0 heterocycles. The molecule has 4 rings (SSSR count). The van der Waals surface area contributed by atoms with Crippen LogP contribution in [0.15, 0.2) is 0 Å². The summed E-state index contributed by atoms with van der Waals surface area (Å²) in [6.45, 7) is 8.47. The first-order valence-corrected chi connectivity index (χ1v) is 12.8. The second-order valence-corrected chi connectivity index (χ2v) is 12.4. The van der Waals surface area contributed by atoms with Gasteiger partial charge in [-0.1, -0.05) is 34.1 Å². The lowest BCUT2D eigenvalue weighted by molar-refractivity contribution is -0.228. The van der Waals surface area contributed by atoms with Crippen molar-refractivity contribution in [1.82, 2.24) is 0 Å². The van der Waals surface area contributed by atoms with Crippen LogP contribution < -0.4 is 0 Å². The molecule has 0 saturated heterocycles. The van der Waals surface area contributed by atoms with Crippen LogP contribution in [0.25, 0.3) is 0 Å². The molecule has 4 saturated carbocycles. The molecule has 5 heteroatoms. The molecular formula is C26H43F3O2. The standard InChI is InChI=1S/C26H43F3O2/c1-5-11-25(31)14-13-23(3)17(15-25)6-7-18-20-9-8-19(16(2)22(30)26(27,28)29)24(20,4)12-10-21(18)23/h16-22,30-31H,5-15H2,1-4H3/t16-,17+,18-,19+,20-,21-,22-,23-,24-,25+/m0/s1. The summed E-state index contributed by atoms with van der Waals surface area (Å²) in [6.07, 6.45) is 4.32. The van der Waals surface area contributed by atoms with Gasteiger partial charge in [0.15, 0.2) is 6.10 Å². The zero-order valence-electron chi connectivity index (χ0n) is 19.8. The van der Waals surface area contributed by atoms with Gasteiger partial charge in [-0.05, 0) is 111 Å². The number of hydrogen-bond donors (Lipinski definition) is 2. The zero-order valence-corrected chi connectivity index (χ0v) is 19.8. The Bertz CT molecular complexity index is 666. The van der Waals surface area contributed by atoms with Crippen LogP contribution >= 0.6 is 0 Å². The average Bonchev–Trinajstić information content (AvgIpc) is 3.04. The van der Waals surface area contributed by atoms with E-state index in [9.17, 15) is 23.4 Å². The summed E-state index contributed by atoms with van der Waals surface area (Å²) >= 11 is 0. The predicted octanol–water partition coefficient (Wildman–Crippen LogP) is 6.74. The first kappa shape index (κ1) is 23.9. The molecule has 180 valence electrons. The third-order valence-electron chi connectivity index (χ3n) is 11.1. The quantitative estimate of drug-likeness (QED) is 0.504. The van der Waals surface area contributed by atoms with E-state index < -0.39 is 23.8 Å². The van der Waals surface area contributed by atoms with E-state index in [1.54, 1.807) is 6.92 Å². The van der Waals surface area contributed by atoms with Gasteiger partial charge in [-0.15, -0.1) is 0 Å². The summed E-state index contributed by atoms with van der Waals surface area (Å²) in [5.41, 5.74) is -0.316. The second kappa shape index (κ2) is 7.89. The third kappa shape index (κ3) is 3.78. The second-order valence-electron chi connectivity index (χ2n) is 12.4. The van der Waals surface area contributed by atoms with E-state index in [1.165, 1.54) is 0 Å². The largest absolute Gasteiger partial charge is 0.414 e. The monoisotopic (exact) mass is 444 g/mol. The normalized spacial score (nSPS) is 49.6. The van der Waals surface area contributed by atoms with Crippen LogP contribution in [-0.2, 0) is 0 Å². The van der Waals surface area contributed by atoms with Crippen LogP contribution in [-0.4, -0.2) is 28.1 Å². The summed E-state index contributed by atoms with van der Waals surface area (Å²) in [5, 5.41) is 21.1. The molecule has 0 unspecified atom stereocenters. The van der Waals surface area contributed by atoms with Gasteiger partial charge in [0.05, 0.1) is 5.60 Å². The van der Waals surface area contributed by atoms with Crippen molar-refractivity contribution in [3.05, 3.63) is 0 Å². The zero-order chi connectivity index (χ0) is 22.8. The van der Waals surface area contributed by atoms with Gasteiger partial charge in [0.25, 0.3) is 0 Å². The van der Waals surface area contributed by atoms with Gasteiger partial charge in [-0.2, -0.15) is 13.2 Å². The summed E-state index contributed by atoms with van der Waals surface area (Å²) in [6, 6.07) is 0. The summed E-state index contributed by atoms with van der Waals surface area (Å²) in [5.74, 6) is 1.49. The number of alkyl halides is 3. The molecule has 0 spiro atoms. The van der Waals surface area contributed by atoms with E-state index in [-0.39, 0.29) is 16.7 Å². The highest BCUT2D eigenvalue weighted by atomic mass is 19.4. The fraction of sp³-hybridized carbons (Fsp3) is 1.00. The van der Waals surface area contributed by atoms with E-state index in [0.29, 0.717) is 23.7 Å². The highest BCUT2D eigenvalue weighted by Gasteiger charge is 2.62. The van der Waals surface area contributed by atoms with Crippen molar-refractivity contribution < 1.29 is 23.4 Å². The number of fused-ring (bicyclic) bond motifs is 5. The van der Waals surface area contributed by atoms with E-state index in [0.717, 1.165) is 70.6 Å². The number of hydrogen-bond acceptors (Lipinski definition) is 2. The van der Waals surface area contributed by atoms with Gasteiger partial charge in [0.1, 0.15) is 0 Å². The van der Waals surface area contributed by atoms with Crippen LogP contribution in [0, 0.1) is 46.3 Å². The first-order valence-electron chi connectivity index (χ1n) is 12.8. The Morgan fingerprint density at radius 1 is 0.935 bits per heavy atom. The molecule has 0 aromatic heterocycles. The molecule has 4 aliphatic rings. The molecule has 4 fully saturated rings. The van der Waals surface area contributed by atoms with Crippen LogP contribution in [0.2, 0.25) is 0 Å². The average molecular weight is 445 g/mol. The highest BCUT2D eigenvalue weighted by molar-refractivity contribution is 5.11. The third-order valence-corrected chi connectivity index (χ3v) is 11.1. The molecule has 2 nitrogen and oxygen atoms in total. The Labute approximate surface area is 186 Å². The Morgan fingerprint density at radius 2 is 1.61 bits per heavy atom. The molecule has 0 bridgehead atoms.